The summed E-state index contributed by atoms with van der Waals surface area (Å²) in [7, 11) is 0. The Labute approximate surface area is 148 Å². The van der Waals surface area contributed by atoms with Crippen LogP contribution in [-0.4, -0.2) is 22.0 Å². The van der Waals surface area contributed by atoms with E-state index in [-0.39, 0.29) is 5.91 Å². The molecule has 0 bridgehead atoms. The molecule has 0 fully saturated rings. The Morgan fingerprint density at radius 1 is 1.20 bits per heavy atom. The molecule has 0 spiro atoms. The number of hydrogen-bond donors (Lipinski definition) is 1. The summed E-state index contributed by atoms with van der Waals surface area (Å²) in [4.78, 5) is 16.1. The maximum absolute atomic E-state index is 11.3. The topological polar surface area (TPSA) is 46.9 Å². The van der Waals surface area contributed by atoms with Gasteiger partial charge in [0.15, 0.2) is 0 Å². The van der Waals surface area contributed by atoms with Gasteiger partial charge < -0.3 is 9.88 Å². The summed E-state index contributed by atoms with van der Waals surface area (Å²) in [5, 5.41) is 2.82. The number of rotatable bonds is 7. The highest BCUT2D eigenvalue weighted by molar-refractivity contribution is 5.86. The standard InChI is InChI=1S/C21H23N3O/c1-3-21(25)22-14-8-13-20-23-18-11-6-7-12-19(18)24(20)15-17-10-5-4-9-16(17)2/h3-7,9-12H,1,8,13-15H2,2H3,(H,22,25). The number of carbonyl (C=O) groups excluding carboxylic acids is 1. The first-order valence-corrected chi connectivity index (χ1v) is 8.58. The lowest BCUT2D eigenvalue weighted by molar-refractivity contribution is -0.116. The van der Waals surface area contributed by atoms with Crippen molar-refractivity contribution in [1.82, 2.24) is 14.9 Å². The predicted octanol–water partition coefficient (Wildman–Crippen LogP) is 3.63. The van der Waals surface area contributed by atoms with Crippen LogP contribution < -0.4 is 5.32 Å². The fourth-order valence-electron chi connectivity index (χ4n) is 2.98. The predicted molar refractivity (Wildman–Crippen MR) is 102 cm³/mol. The molecule has 0 saturated heterocycles. The van der Waals surface area contributed by atoms with E-state index in [1.165, 1.54) is 17.2 Å². The van der Waals surface area contributed by atoms with Crippen LogP contribution in [0, 0.1) is 6.92 Å². The van der Waals surface area contributed by atoms with Gasteiger partial charge in [-0.15, -0.1) is 0 Å². The van der Waals surface area contributed by atoms with Crippen molar-refractivity contribution in [2.45, 2.75) is 26.3 Å². The number of benzene rings is 2. The molecule has 2 aromatic carbocycles. The largest absolute Gasteiger partial charge is 0.353 e. The van der Waals surface area contributed by atoms with E-state index in [2.05, 4.69) is 53.7 Å². The van der Waals surface area contributed by atoms with Gasteiger partial charge in [0.1, 0.15) is 5.82 Å². The third-order valence-electron chi connectivity index (χ3n) is 4.39. The van der Waals surface area contributed by atoms with Gasteiger partial charge in [0.25, 0.3) is 0 Å². The van der Waals surface area contributed by atoms with E-state index in [0.29, 0.717) is 6.54 Å². The minimum atomic E-state index is -0.131. The van der Waals surface area contributed by atoms with E-state index in [1.807, 2.05) is 18.2 Å². The molecule has 4 heteroatoms. The Kier molecular flexibility index (Phi) is 5.29. The summed E-state index contributed by atoms with van der Waals surface area (Å²) in [6, 6.07) is 16.7. The van der Waals surface area contributed by atoms with Crippen LogP contribution in [0.4, 0.5) is 0 Å². The number of hydrogen-bond acceptors (Lipinski definition) is 2. The van der Waals surface area contributed by atoms with Crippen molar-refractivity contribution in [2.24, 2.45) is 0 Å². The highest BCUT2D eigenvalue weighted by Crippen LogP contribution is 2.20. The van der Waals surface area contributed by atoms with Gasteiger partial charge in [-0.1, -0.05) is 43.0 Å². The molecule has 4 nitrogen and oxygen atoms in total. The van der Waals surface area contributed by atoms with Crippen molar-refractivity contribution >= 4 is 16.9 Å². The van der Waals surface area contributed by atoms with Gasteiger partial charge >= 0.3 is 0 Å². The molecule has 3 rings (SSSR count). The first-order valence-electron chi connectivity index (χ1n) is 8.58. The van der Waals surface area contributed by atoms with Crippen LogP contribution in [0.1, 0.15) is 23.4 Å². The van der Waals surface area contributed by atoms with Crippen LogP contribution in [0.15, 0.2) is 61.2 Å². The SMILES string of the molecule is C=CC(=O)NCCCc1nc2ccccc2n1Cc1ccccc1C. The molecule has 0 aliphatic rings. The van der Waals surface area contributed by atoms with Gasteiger partial charge in [-0.25, -0.2) is 4.98 Å². The fraction of sp³-hybridized carbons (Fsp3) is 0.238. The average molecular weight is 333 g/mol. The van der Waals surface area contributed by atoms with Crippen LogP contribution in [0.25, 0.3) is 11.0 Å². The highest BCUT2D eigenvalue weighted by Gasteiger charge is 2.11. The zero-order chi connectivity index (χ0) is 17.6. The fourth-order valence-corrected chi connectivity index (χ4v) is 2.98. The molecular formula is C21H23N3O. The molecule has 0 aliphatic carbocycles. The molecule has 1 N–H and O–H groups in total. The summed E-state index contributed by atoms with van der Waals surface area (Å²) < 4.78 is 2.28. The monoisotopic (exact) mass is 333 g/mol. The second kappa shape index (κ2) is 7.79. The Morgan fingerprint density at radius 2 is 1.96 bits per heavy atom. The number of nitrogens with one attached hydrogen (secondary N) is 1. The van der Waals surface area contributed by atoms with Gasteiger partial charge in [0.2, 0.25) is 5.91 Å². The van der Waals surface area contributed by atoms with E-state index in [0.717, 1.165) is 36.2 Å². The molecule has 3 aromatic rings. The summed E-state index contributed by atoms with van der Waals surface area (Å²) in [6.07, 6.45) is 2.96. The smallest absolute Gasteiger partial charge is 0.243 e. The molecule has 0 atom stereocenters. The molecular weight excluding hydrogens is 310 g/mol. The zero-order valence-corrected chi connectivity index (χ0v) is 14.5. The van der Waals surface area contributed by atoms with Gasteiger partial charge in [-0.05, 0) is 42.7 Å². The van der Waals surface area contributed by atoms with Crippen LogP contribution in [-0.2, 0) is 17.8 Å². The maximum atomic E-state index is 11.3. The molecule has 0 radical (unpaired) electrons. The summed E-state index contributed by atoms with van der Waals surface area (Å²) in [5.41, 5.74) is 4.74. The Bertz CT molecular complexity index is 895. The van der Waals surface area contributed by atoms with E-state index < -0.39 is 0 Å². The minimum absolute atomic E-state index is 0.131. The lowest BCUT2D eigenvalue weighted by atomic mass is 10.1. The number of fused-ring (bicyclic) bond motifs is 1. The van der Waals surface area contributed by atoms with Crippen LogP contribution in [0.3, 0.4) is 0 Å². The maximum Gasteiger partial charge on any atom is 0.243 e. The molecule has 128 valence electrons. The van der Waals surface area contributed by atoms with E-state index in [4.69, 9.17) is 4.98 Å². The third kappa shape index (κ3) is 3.97. The van der Waals surface area contributed by atoms with Gasteiger partial charge in [-0.3, -0.25) is 4.79 Å². The number of nitrogens with zero attached hydrogens (tertiary/aromatic N) is 2. The third-order valence-corrected chi connectivity index (χ3v) is 4.39. The average Bonchev–Trinajstić information content (AvgIpc) is 2.98. The van der Waals surface area contributed by atoms with Crippen molar-refractivity contribution in [2.75, 3.05) is 6.54 Å². The summed E-state index contributed by atoms with van der Waals surface area (Å²) >= 11 is 0. The number of aryl methyl sites for hydroxylation is 2. The van der Waals surface area contributed by atoms with Crippen LogP contribution in [0.5, 0.6) is 0 Å². The van der Waals surface area contributed by atoms with Gasteiger partial charge in [0.05, 0.1) is 11.0 Å². The molecule has 0 aliphatic heterocycles. The Balaban J connectivity index is 1.83. The molecule has 0 unspecified atom stereocenters. The molecule has 1 aromatic heterocycles. The van der Waals surface area contributed by atoms with E-state index >= 15 is 0 Å². The first kappa shape index (κ1) is 17.0. The zero-order valence-electron chi connectivity index (χ0n) is 14.5. The molecule has 25 heavy (non-hydrogen) atoms. The van der Waals surface area contributed by atoms with Gasteiger partial charge in [-0.2, -0.15) is 0 Å². The van der Waals surface area contributed by atoms with Crippen molar-refractivity contribution in [1.29, 1.82) is 0 Å². The lowest BCUT2D eigenvalue weighted by Crippen LogP contribution is -2.22. The molecule has 0 saturated carbocycles. The quantitative estimate of drug-likeness (QED) is 0.530. The lowest BCUT2D eigenvalue weighted by Gasteiger charge is -2.11. The Morgan fingerprint density at radius 3 is 2.76 bits per heavy atom. The summed E-state index contributed by atoms with van der Waals surface area (Å²) in [6.45, 7) is 7.04. The summed E-state index contributed by atoms with van der Waals surface area (Å²) in [5.74, 6) is 0.922. The second-order valence-corrected chi connectivity index (χ2v) is 6.13. The molecule has 1 heterocycles. The number of carbonyl (C=O) groups is 1. The van der Waals surface area contributed by atoms with Crippen LogP contribution >= 0.6 is 0 Å². The van der Waals surface area contributed by atoms with Crippen LogP contribution in [0.2, 0.25) is 0 Å². The number of imidazole rings is 1. The molecule has 1 amide bonds. The van der Waals surface area contributed by atoms with Crippen molar-refractivity contribution in [3.63, 3.8) is 0 Å². The van der Waals surface area contributed by atoms with Crippen molar-refractivity contribution in [3.8, 4) is 0 Å². The van der Waals surface area contributed by atoms with Crippen molar-refractivity contribution in [3.05, 3.63) is 78.1 Å². The van der Waals surface area contributed by atoms with E-state index in [1.54, 1.807) is 0 Å². The number of aromatic nitrogens is 2. The highest BCUT2D eigenvalue weighted by atomic mass is 16.1. The minimum Gasteiger partial charge on any atom is -0.353 e. The Hall–Kier alpha value is -2.88. The number of para-hydroxylation sites is 2. The first-order chi connectivity index (χ1) is 12.2. The number of amides is 1. The van der Waals surface area contributed by atoms with Gasteiger partial charge in [0, 0.05) is 19.5 Å². The normalized spacial score (nSPS) is 10.8. The second-order valence-electron chi connectivity index (χ2n) is 6.13. The van der Waals surface area contributed by atoms with Crippen molar-refractivity contribution < 1.29 is 4.79 Å². The van der Waals surface area contributed by atoms with E-state index in [9.17, 15) is 4.79 Å².